The van der Waals surface area contributed by atoms with Gasteiger partial charge in [-0.2, -0.15) is 15.2 Å². The third-order valence-electron chi connectivity index (χ3n) is 10.6. The van der Waals surface area contributed by atoms with Crippen LogP contribution in [0.4, 0.5) is 19.6 Å². The number of nitrogen functional groups attached to an aromatic ring is 1. The number of hydrogen-bond acceptors (Lipinski definition) is 11. The van der Waals surface area contributed by atoms with Crippen LogP contribution in [-0.2, 0) is 18.0 Å². The molecule has 3 N–H and O–H groups in total. The summed E-state index contributed by atoms with van der Waals surface area (Å²) in [4.78, 5) is 18.9. The second-order valence-corrected chi connectivity index (χ2v) is 14.1. The molecule has 10 nitrogen and oxygen atoms in total. The summed E-state index contributed by atoms with van der Waals surface area (Å²) in [6, 6.07) is 4.50. The minimum atomic E-state index is -0.888. The van der Waals surface area contributed by atoms with Crippen molar-refractivity contribution in [1.82, 2.24) is 25.2 Å². The molecule has 0 amide bonds. The van der Waals surface area contributed by atoms with Gasteiger partial charge in [0, 0.05) is 60.0 Å². The number of thiophene rings is 1. The lowest BCUT2D eigenvalue weighted by atomic mass is 9.93. The van der Waals surface area contributed by atoms with Gasteiger partial charge in [-0.05, 0) is 49.4 Å². The van der Waals surface area contributed by atoms with E-state index < -0.39 is 17.5 Å². The minimum Gasteiger partial charge on any atom is -0.461 e. The van der Waals surface area contributed by atoms with Crippen molar-refractivity contribution >= 4 is 43.1 Å². The van der Waals surface area contributed by atoms with Crippen LogP contribution < -0.4 is 20.7 Å². The quantitative estimate of drug-likeness (QED) is 0.327. The zero-order valence-corrected chi connectivity index (χ0v) is 25.4. The van der Waals surface area contributed by atoms with Gasteiger partial charge in [0.05, 0.1) is 35.4 Å². The molecule has 4 saturated heterocycles. The van der Waals surface area contributed by atoms with Crippen LogP contribution in [0.2, 0.25) is 0 Å². The van der Waals surface area contributed by atoms with Crippen LogP contribution in [0.25, 0.3) is 32.2 Å². The monoisotopic (exact) mass is 630 g/mol. The van der Waals surface area contributed by atoms with Gasteiger partial charge in [-0.25, -0.2) is 8.78 Å². The first kappa shape index (κ1) is 27.6. The van der Waals surface area contributed by atoms with Crippen molar-refractivity contribution in [2.75, 3.05) is 43.4 Å². The van der Waals surface area contributed by atoms with Crippen molar-refractivity contribution in [1.29, 1.82) is 5.26 Å². The highest BCUT2D eigenvalue weighted by Gasteiger charge is 2.49. The maximum Gasteiger partial charge on any atom is 0.319 e. The summed E-state index contributed by atoms with van der Waals surface area (Å²) in [6.07, 6.45) is 5.00. The van der Waals surface area contributed by atoms with Crippen molar-refractivity contribution in [3.8, 4) is 23.3 Å². The smallest absolute Gasteiger partial charge is 0.319 e. The van der Waals surface area contributed by atoms with Crippen LogP contribution in [0.15, 0.2) is 12.3 Å². The number of nitrogens with zero attached hydrogens (tertiary/aromatic N) is 6. The van der Waals surface area contributed by atoms with Gasteiger partial charge in [0.1, 0.15) is 35.2 Å². The molecule has 45 heavy (non-hydrogen) atoms. The topological polar surface area (TPSA) is 125 Å². The molecule has 4 atom stereocenters. The van der Waals surface area contributed by atoms with E-state index in [0.29, 0.717) is 45.8 Å². The van der Waals surface area contributed by atoms with E-state index >= 15 is 4.39 Å². The first-order valence-electron chi connectivity index (χ1n) is 15.7. The number of anilines is 2. The highest BCUT2D eigenvalue weighted by Crippen LogP contribution is 2.48. The lowest BCUT2D eigenvalue weighted by molar-refractivity contribution is 0.107. The van der Waals surface area contributed by atoms with Gasteiger partial charge in [0.2, 0.25) is 0 Å². The number of ether oxygens (including phenoxy) is 2. The van der Waals surface area contributed by atoms with Crippen molar-refractivity contribution in [2.45, 2.75) is 69.1 Å². The molecule has 3 aromatic heterocycles. The van der Waals surface area contributed by atoms with Gasteiger partial charge >= 0.3 is 6.01 Å². The molecule has 5 aliphatic heterocycles. The van der Waals surface area contributed by atoms with Gasteiger partial charge < -0.3 is 25.4 Å². The lowest BCUT2D eigenvalue weighted by Crippen LogP contribution is -2.52. The molecular formula is C32H32F2N8O2S. The number of nitrogens with two attached hydrogens (primary N) is 1. The first-order valence-corrected chi connectivity index (χ1v) is 16.5. The predicted molar refractivity (Wildman–Crippen MR) is 166 cm³/mol. The van der Waals surface area contributed by atoms with E-state index in [1.54, 1.807) is 12.3 Å². The summed E-state index contributed by atoms with van der Waals surface area (Å²) in [5.41, 5.74) is 8.39. The van der Waals surface area contributed by atoms with E-state index in [1.807, 2.05) is 0 Å². The number of rotatable bonds is 5. The van der Waals surface area contributed by atoms with Crippen molar-refractivity contribution in [3.05, 3.63) is 34.8 Å². The number of aromatic nitrogens is 3. The van der Waals surface area contributed by atoms with Gasteiger partial charge in [-0.3, -0.25) is 9.88 Å². The molecule has 1 aromatic carbocycles. The molecule has 8 heterocycles. The molecule has 9 rings (SSSR count). The molecule has 0 saturated carbocycles. The zero-order chi connectivity index (χ0) is 30.4. The summed E-state index contributed by atoms with van der Waals surface area (Å²) in [6.45, 7) is 3.61. The number of pyridine rings is 1. The molecule has 5 aliphatic rings. The van der Waals surface area contributed by atoms with E-state index in [0.717, 1.165) is 55.6 Å². The van der Waals surface area contributed by atoms with E-state index in [1.165, 1.54) is 11.3 Å². The Morgan fingerprint density at radius 3 is 2.84 bits per heavy atom. The molecule has 2 unspecified atom stereocenters. The van der Waals surface area contributed by atoms with Gasteiger partial charge in [0.15, 0.2) is 5.82 Å². The summed E-state index contributed by atoms with van der Waals surface area (Å²) >= 11 is 1.28. The lowest BCUT2D eigenvalue weighted by Gasteiger charge is -2.37. The normalized spacial score (nSPS) is 27.4. The van der Waals surface area contributed by atoms with Crippen LogP contribution in [0.5, 0.6) is 6.01 Å². The molecule has 0 aliphatic carbocycles. The molecule has 0 spiro atoms. The molecule has 4 fully saturated rings. The number of alkyl halides is 1. The first-order chi connectivity index (χ1) is 22.0. The number of hydrogen-bond donors (Lipinski definition) is 2. The Kier molecular flexibility index (Phi) is 6.23. The van der Waals surface area contributed by atoms with Gasteiger partial charge in [-0.1, -0.05) is 0 Å². The fourth-order valence-electron chi connectivity index (χ4n) is 8.63. The predicted octanol–water partition coefficient (Wildman–Crippen LogP) is 4.43. The van der Waals surface area contributed by atoms with Crippen LogP contribution in [0.3, 0.4) is 0 Å². The molecule has 232 valence electrons. The highest BCUT2D eigenvalue weighted by molar-refractivity contribution is 7.23. The van der Waals surface area contributed by atoms with Crippen LogP contribution in [0, 0.1) is 17.1 Å². The van der Waals surface area contributed by atoms with Crippen molar-refractivity contribution < 1.29 is 18.3 Å². The Hall–Kier alpha value is -3.70. The summed E-state index contributed by atoms with van der Waals surface area (Å²) in [5, 5.41) is 15.0. The van der Waals surface area contributed by atoms with E-state index in [-0.39, 0.29) is 54.6 Å². The Morgan fingerprint density at radius 2 is 2.02 bits per heavy atom. The Bertz CT molecular complexity index is 1910. The third kappa shape index (κ3) is 4.02. The second kappa shape index (κ2) is 10.2. The van der Waals surface area contributed by atoms with Crippen LogP contribution in [0.1, 0.15) is 48.8 Å². The summed E-state index contributed by atoms with van der Waals surface area (Å²) < 4.78 is 44.9. The van der Waals surface area contributed by atoms with Crippen LogP contribution >= 0.6 is 11.3 Å². The van der Waals surface area contributed by atoms with Crippen molar-refractivity contribution in [3.63, 3.8) is 0 Å². The Labute approximate surface area is 262 Å². The Morgan fingerprint density at radius 1 is 1.20 bits per heavy atom. The number of fused-ring (bicyclic) bond motifs is 7. The van der Waals surface area contributed by atoms with E-state index in [4.69, 9.17) is 25.2 Å². The zero-order valence-electron chi connectivity index (χ0n) is 24.6. The second-order valence-electron chi connectivity index (χ2n) is 13.0. The van der Waals surface area contributed by atoms with Gasteiger partial charge in [-0.15, -0.1) is 11.3 Å². The van der Waals surface area contributed by atoms with Gasteiger partial charge in [0.25, 0.3) is 0 Å². The largest absolute Gasteiger partial charge is 0.461 e. The number of benzene rings is 1. The summed E-state index contributed by atoms with van der Waals surface area (Å²) in [7, 11) is 0. The summed E-state index contributed by atoms with van der Waals surface area (Å²) in [5.74, 6) is 0.111. The highest BCUT2D eigenvalue weighted by atomic mass is 32.1. The number of piperazine rings is 1. The number of halogens is 2. The van der Waals surface area contributed by atoms with Crippen molar-refractivity contribution in [2.24, 2.45) is 0 Å². The molecule has 13 heteroatoms. The Balaban J connectivity index is 1.26. The molecule has 4 aromatic rings. The van der Waals surface area contributed by atoms with Crippen LogP contribution in [-0.4, -0.2) is 76.4 Å². The molecular weight excluding hydrogens is 598 g/mol. The molecule has 0 radical (unpaired) electrons. The van der Waals surface area contributed by atoms with E-state index in [9.17, 15) is 9.65 Å². The third-order valence-corrected chi connectivity index (χ3v) is 11.6. The maximum absolute atomic E-state index is 17.3. The molecule has 2 bridgehead atoms. The number of nitriles is 1. The fourth-order valence-corrected chi connectivity index (χ4v) is 9.54. The number of nitrogens with one attached hydrogen (secondary N) is 1. The minimum absolute atomic E-state index is 0.0892. The average molecular weight is 631 g/mol. The van der Waals surface area contributed by atoms with E-state index in [2.05, 4.69) is 26.2 Å². The SMILES string of the molecule is N#Cc1c(N)sc2ccnc(-c3c4c(c5c(N6C7CCC6CNC7)nc(OC[C@@]67CCCN6C[C@H](F)C7)nc5c3F)COC4)c12. The fraction of sp³-hybridized carbons (Fsp3) is 0.500. The maximum atomic E-state index is 17.3. The standard InChI is InChI=1S/C32H32F2N8O2S/c33-16-8-32(5-1-7-41(32)12-16)15-44-31-39-28-25(30(40-31)42-17-2-3-18(42)11-37-10-17)21-14-43-13-20(21)24(26(28)34)27-23-19(9-35)29(36)45-22(23)4-6-38-27/h4,6,16-18,37H,1-3,5,7-8,10-15,36H2/t16-,17?,18?,32+/m1/s1. The average Bonchev–Trinajstić information content (AvgIpc) is 3.83.